The van der Waals surface area contributed by atoms with Crippen molar-refractivity contribution in [2.75, 3.05) is 18.5 Å². The second-order valence-electron chi connectivity index (χ2n) is 9.55. The number of nitrogen functional groups attached to an aromatic ring is 1. The van der Waals surface area contributed by atoms with Gasteiger partial charge in [-0.05, 0) is 32.3 Å². The van der Waals surface area contributed by atoms with Crippen molar-refractivity contribution >= 4 is 35.8 Å². The Bertz CT molecular complexity index is 1280. The lowest BCUT2D eigenvalue weighted by atomic mass is 9.96. The molecule has 2 rings (SSSR count). The number of carbonyl (C=O) groups is 2. The van der Waals surface area contributed by atoms with Gasteiger partial charge >= 0.3 is 24.0 Å². The van der Waals surface area contributed by atoms with Crippen LogP contribution in [0.1, 0.15) is 48.3 Å². The van der Waals surface area contributed by atoms with E-state index in [0.29, 0.717) is 5.56 Å². The fraction of sp³-hybridized carbons (Fsp3) is 0.458. The number of alkyl halides is 6. The molecule has 1 unspecified atom stereocenters. The van der Waals surface area contributed by atoms with Crippen molar-refractivity contribution in [2.24, 2.45) is 5.84 Å². The zero-order valence-corrected chi connectivity index (χ0v) is 23.4. The minimum atomic E-state index is -5.29. The number of hydrazine groups is 1. The number of nitrogens with zero attached hydrogens (tertiary/aromatic N) is 2. The van der Waals surface area contributed by atoms with E-state index in [-0.39, 0.29) is 18.5 Å². The predicted molar refractivity (Wildman–Crippen MR) is 140 cm³/mol. The zero-order valence-electron chi connectivity index (χ0n) is 22.5. The number of carbonyl (C=O) groups excluding carboxylic acids is 1. The van der Waals surface area contributed by atoms with Gasteiger partial charge in [-0.25, -0.2) is 15.6 Å². The summed E-state index contributed by atoms with van der Waals surface area (Å²) in [4.78, 5) is 37.1. The normalized spacial score (nSPS) is 13.4. The Labute approximate surface area is 246 Å². The number of carboxylic acid groups (broad SMARTS) is 1. The molecule has 0 saturated carbocycles. The smallest absolute Gasteiger partial charge is 0.428 e. The quantitative estimate of drug-likeness (QED) is 0.0564. The lowest BCUT2D eigenvalue weighted by molar-refractivity contribution is -0.385. The van der Waals surface area contributed by atoms with Gasteiger partial charge in [-0.1, -0.05) is 30.3 Å². The van der Waals surface area contributed by atoms with Crippen molar-refractivity contribution in [2.45, 2.75) is 56.8 Å². The first kappa shape index (κ1) is 37.3. The summed E-state index contributed by atoms with van der Waals surface area (Å²) in [5, 5.41) is 23.0. The summed E-state index contributed by atoms with van der Waals surface area (Å²) in [5.41, 5.74) is -6.98. The molecule has 1 aromatic carbocycles. The van der Waals surface area contributed by atoms with Crippen LogP contribution in [-0.2, 0) is 27.1 Å². The summed E-state index contributed by atoms with van der Waals surface area (Å²) in [6.45, 7) is 1.10. The number of pyridine rings is 1. The first-order valence-corrected chi connectivity index (χ1v) is 12.0. The number of aromatic nitrogens is 1. The van der Waals surface area contributed by atoms with E-state index in [9.17, 15) is 51.2 Å². The highest BCUT2D eigenvalue weighted by atomic mass is 35.5. The van der Waals surface area contributed by atoms with E-state index in [1.165, 1.54) is 38.1 Å². The zero-order chi connectivity index (χ0) is 31.9. The van der Waals surface area contributed by atoms with Crippen LogP contribution >= 0.6 is 12.4 Å². The monoisotopic (exact) mass is 647 g/mol. The number of halogens is 7. The van der Waals surface area contributed by atoms with Gasteiger partial charge in [0.25, 0.3) is 11.5 Å². The number of ether oxygens (including phenoxy) is 2. The lowest BCUT2D eigenvalue weighted by Crippen LogP contribution is -2.54. The molecule has 0 aliphatic rings. The number of nitro groups is 1. The summed E-state index contributed by atoms with van der Waals surface area (Å²) in [5.74, 6) is 0.382. The number of rotatable bonds is 14. The number of carboxylic acids is 1. The molecular weight excluding hydrogens is 620 g/mol. The van der Waals surface area contributed by atoms with Gasteiger partial charge in [0.2, 0.25) is 5.69 Å². The van der Waals surface area contributed by atoms with Crippen molar-refractivity contribution in [3.8, 4) is 0 Å². The molecule has 1 atom stereocenters. The Morgan fingerprint density at radius 1 is 1.12 bits per heavy atom. The highest BCUT2D eigenvalue weighted by Gasteiger charge is 2.62. The van der Waals surface area contributed by atoms with Crippen molar-refractivity contribution in [1.29, 1.82) is 0 Å². The second kappa shape index (κ2) is 14.6. The van der Waals surface area contributed by atoms with Crippen molar-refractivity contribution < 1.29 is 55.4 Å². The van der Waals surface area contributed by atoms with E-state index in [0.717, 1.165) is 0 Å². The third-order valence-electron chi connectivity index (χ3n) is 5.72. The van der Waals surface area contributed by atoms with E-state index in [4.69, 9.17) is 15.3 Å². The maximum Gasteiger partial charge on any atom is 0.428 e. The Hall–Kier alpha value is -3.74. The minimum Gasteiger partial charge on any atom is -0.479 e. The van der Waals surface area contributed by atoms with Gasteiger partial charge in [0.05, 0.1) is 23.7 Å². The minimum absolute atomic E-state index is 0. The highest BCUT2D eigenvalue weighted by Crippen LogP contribution is 2.40. The molecule has 0 radical (unpaired) electrons. The molecule has 1 amide bonds. The number of hydrogen-bond acceptors (Lipinski definition) is 9. The van der Waals surface area contributed by atoms with Crippen LogP contribution in [0.5, 0.6) is 0 Å². The van der Waals surface area contributed by atoms with Crippen LogP contribution in [0.25, 0.3) is 0 Å². The largest absolute Gasteiger partial charge is 0.479 e. The number of anilines is 1. The van der Waals surface area contributed by atoms with Crippen LogP contribution in [0.3, 0.4) is 0 Å². The van der Waals surface area contributed by atoms with E-state index in [1.54, 1.807) is 11.5 Å². The van der Waals surface area contributed by atoms with Gasteiger partial charge in [0, 0.05) is 12.7 Å². The van der Waals surface area contributed by atoms with Gasteiger partial charge in [0.15, 0.2) is 0 Å². The molecule has 43 heavy (non-hydrogen) atoms. The number of aliphatic carboxylic acids is 1. The topological polar surface area (TPSA) is 179 Å². The molecule has 2 aromatic rings. The third kappa shape index (κ3) is 9.63. The molecule has 5 N–H and O–H groups in total. The summed E-state index contributed by atoms with van der Waals surface area (Å²) in [7, 11) is 0. The molecule has 240 valence electrons. The number of amides is 1. The summed E-state index contributed by atoms with van der Waals surface area (Å²) < 4.78 is 92.8. The van der Waals surface area contributed by atoms with Crippen LogP contribution in [-0.4, -0.2) is 57.4 Å². The van der Waals surface area contributed by atoms with Crippen LogP contribution in [0, 0.1) is 10.1 Å². The average Bonchev–Trinajstić information content (AvgIpc) is 2.88. The van der Waals surface area contributed by atoms with Gasteiger partial charge in [-0.15, -0.1) is 12.4 Å². The molecule has 1 heterocycles. The molecule has 1 aromatic heterocycles. The Morgan fingerprint density at radius 3 is 2.21 bits per heavy atom. The van der Waals surface area contributed by atoms with Gasteiger partial charge in [0.1, 0.15) is 11.4 Å². The summed E-state index contributed by atoms with van der Waals surface area (Å²) >= 11 is 0. The van der Waals surface area contributed by atoms with E-state index < -0.39 is 95.7 Å². The van der Waals surface area contributed by atoms with Gasteiger partial charge in [-0.3, -0.25) is 20.3 Å². The number of hydrogen-bond donors (Lipinski definition) is 4. The van der Waals surface area contributed by atoms with Gasteiger partial charge < -0.3 is 19.9 Å². The van der Waals surface area contributed by atoms with Crippen molar-refractivity contribution in [3.05, 3.63) is 63.3 Å². The number of nitrogens with two attached hydrogens (primary N) is 1. The Balaban J connectivity index is 0.00000924. The third-order valence-corrected chi connectivity index (χ3v) is 5.72. The van der Waals surface area contributed by atoms with Crippen molar-refractivity contribution in [1.82, 2.24) is 10.4 Å². The number of benzene rings is 1. The molecule has 19 heteroatoms. The SMILES string of the molecule is CC(C)(COCCCC(OCc1ccccc1)(C(=O)O)C(F)(F)F)Nc1nc(C(=O)NN)c([N+](=O)[O-])cc1C(F)(F)F.Cl. The fourth-order valence-electron chi connectivity index (χ4n) is 3.66. The van der Waals surface area contributed by atoms with Crippen molar-refractivity contribution in [3.63, 3.8) is 0 Å². The second-order valence-corrected chi connectivity index (χ2v) is 9.55. The highest BCUT2D eigenvalue weighted by molar-refractivity contribution is 5.96. The van der Waals surface area contributed by atoms with Gasteiger partial charge in [-0.2, -0.15) is 26.3 Å². The predicted octanol–water partition coefficient (Wildman–Crippen LogP) is 4.62. The molecule has 0 fully saturated rings. The fourth-order valence-corrected chi connectivity index (χ4v) is 3.66. The average molecular weight is 648 g/mol. The Morgan fingerprint density at radius 2 is 1.72 bits per heavy atom. The molecule has 0 saturated heterocycles. The summed E-state index contributed by atoms with van der Waals surface area (Å²) in [6, 6.07) is 7.71. The molecule has 0 spiro atoms. The van der Waals surface area contributed by atoms with E-state index in [2.05, 4.69) is 10.3 Å². The molecule has 0 aliphatic heterocycles. The lowest BCUT2D eigenvalue weighted by Gasteiger charge is -2.32. The maximum absolute atomic E-state index is 13.9. The molecule has 12 nitrogen and oxygen atoms in total. The van der Waals surface area contributed by atoms with E-state index >= 15 is 0 Å². The van der Waals surface area contributed by atoms with Crippen LogP contribution < -0.4 is 16.6 Å². The maximum atomic E-state index is 13.9. The Kier molecular flexibility index (Phi) is 12.7. The molecular formula is C24H28ClF6N5O7. The van der Waals surface area contributed by atoms with Crippen LogP contribution in [0.4, 0.5) is 37.8 Å². The standard InChI is InChI=1S/C24H27F6N5O7.ClH/c1-21(2,33-18-15(23(25,26)27)11-16(35(39)40)17(32-18)19(36)34-31)13-41-10-6-9-22(20(37)38,24(28,29)30)42-12-14-7-4-3-5-8-14;/h3-5,7-8,11H,6,9-10,12-13,31H2,1-2H3,(H,32,33)(H,34,36)(H,37,38);1H. The first-order valence-electron chi connectivity index (χ1n) is 12.0. The summed E-state index contributed by atoms with van der Waals surface area (Å²) in [6.07, 6.45) is -11.9. The van der Waals surface area contributed by atoms with Crippen LogP contribution in [0.2, 0.25) is 0 Å². The van der Waals surface area contributed by atoms with E-state index in [1.807, 2.05) is 0 Å². The first-order chi connectivity index (χ1) is 19.3. The molecule has 0 bridgehead atoms. The molecule has 0 aliphatic carbocycles. The number of nitrogens with one attached hydrogen (secondary N) is 2. The van der Waals surface area contributed by atoms with Crippen LogP contribution in [0.15, 0.2) is 36.4 Å².